The molecule has 1 heterocycles. The summed E-state index contributed by atoms with van der Waals surface area (Å²) in [5, 5.41) is 9.65. The molecule has 0 atom stereocenters. The quantitative estimate of drug-likeness (QED) is 0.726. The Labute approximate surface area is 105 Å². The van der Waals surface area contributed by atoms with Crippen LogP contribution in [0.25, 0.3) is 0 Å². The molecule has 0 spiro atoms. The van der Waals surface area contributed by atoms with Gasteiger partial charge in [-0.05, 0) is 18.9 Å². The molecule has 6 heteroatoms. The van der Waals surface area contributed by atoms with Crippen LogP contribution in [-0.4, -0.2) is 28.1 Å². The standard InChI is InChI=1S/C12H18N4O2/c1-6(2)12(18)14-8-3-7(4-8)9-5-10(11(13)17)16-15-9/h5-8H,3-4H2,1-2H3,(H2,13,17)(H,14,18)(H,15,16). The second-order valence-corrected chi connectivity index (χ2v) is 5.10. The van der Waals surface area contributed by atoms with Crippen LogP contribution in [0.15, 0.2) is 6.07 Å². The summed E-state index contributed by atoms with van der Waals surface area (Å²) in [6.45, 7) is 3.75. The number of carbonyl (C=O) groups excluding carboxylic acids is 2. The van der Waals surface area contributed by atoms with Crippen molar-refractivity contribution in [2.45, 2.75) is 38.6 Å². The zero-order valence-corrected chi connectivity index (χ0v) is 10.6. The van der Waals surface area contributed by atoms with E-state index in [1.54, 1.807) is 6.07 Å². The van der Waals surface area contributed by atoms with Gasteiger partial charge in [-0.25, -0.2) is 0 Å². The molecule has 1 aromatic rings. The minimum atomic E-state index is -0.526. The number of aromatic nitrogens is 2. The van der Waals surface area contributed by atoms with Gasteiger partial charge in [0.25, 0.3) is 5.91 Å². The molecule has 1 saturated carbocycles. The lowest BCUT2D eigenvalue weighted by Crippen LogP contribution is -2.44. The fraction of sp³-hybridized carbons (Fsp3) is 0.583. The maximum atomic E-state index is 11.5. The first kappa shape index (κ1) is 12.6. The van der Waals surface area contributed by atoms with Crippen molar-refractivity contribution >= 4 is 11.8 Å². The fourth-order valence-corrected chi connectivity index (χ4v) is 2.03. The minimum Gasteiger partial charge on any atom is -0.364 e. The van der Waals surface area contributed by atoms with E-state index in [-0.39, 0.29) is 23.6 Å². The number of hydrogen-bond acceptors (Lipinski definition) is 3. The van der Waals surface area contributed by atoms with E-state index in [4.69, 9.17) is 5.73 Å². The number of amides is 2. The number of nitrogens with zero attached hydrogens (tertiary/aromatic N) is 1. The van der Waals surface area contributed by atoms with Crippen LogP contribution in [0, 0.1) is 5.92 Å². The van der Waals surface area contributed by atoms with Crippen molar-refractivity contribution in [1.29, 1.82) is 0 Å². The third-order valence-corrected chi connectivity index (χ3v) is 3.30. The van der Waals surface area contributed by atoms with Crippen LogP contribution in [-0.2, 0) is 4.79 Å². The number of rotatable bonds is 4. The SMILES string of the molecule is CC(C)C(=O)NC1CC(c2cc(C(N)=O)n[nH]2)C1. The van der Waals surface area contributed by atoms with E-state index in [1.807, 2.05) is 13.8 Å². The lowest BCUT2D eigenvalue weighted by Gasteiger charge is -2.35. The van der Waals surface area contributed by atoms with E-state index in [0.29, 0.717) is 5.92 Å². The molecule has 0 bridgehead atoms. The molecule has 0 unspecified atom stereocenters. The molecule has 2 amide bonds. The van der Waals surface area contributed by atoms with E-state index in [1.165, 1.54) is 0 Å². The Morgan fingerprint density at radius 2 is 2.17 bits per heavy atom. The Morgan fingerprint density at radius 1 is 1.50 bits per heavy atom. The van der Waals surface area contributed by atoms with Crippen LogP contribution in [0.3, 0.4) is 0 Å². The van der Waals surface area contributed by atoms with Gasteiger partial charge < -0.3 is 11.1 Å². The van der Waals surface area contributed by atoms with Crippen LogP contribution in [0.4, 0.5) is 0 Å². The van der Waals surface area contributed by atoms with Gasteiger partial charge in [-0.15, -0.1) is 0 Å². The highest BCUT2D eigenvalue weighted by molar-refractivity contribution is 5.90. The average molecular weight is 250 g/mol. The van der Waals surface area contributed by atoms with Gasteiger partial charge in [0.15, 0.2) is 0 Å². The summed E-state index contributed by atoms with van der Waals surface area (Å²) in [4.78, 5) is 22.4. The average Bonchev–Trinajstić information content (AvgIpc) is 2.71. The normalized spacial score (nSPS) is 22.6. The minimum absolute atomic E-state index is 0.0117. The Kier molecular flexibility index (Phi) is 3.36. The van der Waals surface area contributed by atoms with Crippen molar-refractivity contribution in [1.82, 2.24) is 15.5 Å². The van der Waals surface area contributed by atoms with Crippen molar-refractivity contribution in [2.75, 3.05) is 0 Å². The summed E-state index contributed by atoms with van der Waals surface area (Å²) in [6, 6.07) is 1.92. The summed E-state index contributed by atoms with van der Waals surface area (Å²) < 4.78 is 0. The second-order valence-electron chi connectivity index (χ2n) is 5.10. The van der Waals surface area contributed by atoms with Gasteiger partial charge in [-0.2, -0.15) is 5.10 Å². The molecular formula is C12H18N4O2. The number of aromatic amines is 1. The van der Waals surface area contributed by atoms with Crippen molar-refractivity contribution in [3.63, 3.8) is 0 Å². The van der Waals surface area contributed by atoms with Gasteiger partial charge in [0, 0.05) is 23.6 Å². The molecule has 0 aromatic carbocycles. The predicted octanol–water partition coefficient (Wildman–Crippen LogP) is 0.527. The maximum absolute atomic E-state index is 11.5. The predicted molar refractivity (Wildman–Crippen MR) is 65.8 cm³/mol. The third kappa shape index (κ3) is 2.52. The van der Waals surface area contributed by atoms with Gasteiger partial charge in [0.1, 0.15) is 5.69 Å². The smallest absolute Gasteiger partial charge is 0.269 e. The molecule has 0 radical (unpaired) electrons. The third-order valence-electron chi connectivity index (χ3n) is 3.30. The molecule has 6 nitrogen and oxygen atoms in total. The van der Waals surface area contributed by atoms with Gasteiger partial charge >= 0.3 is 0 Å². The molecular weight excluding hydrogens is 232 g/mol. The van der Waals surface area contributed by atoms with E-state index in [9.17, 15) is 9.59 Å². The molecule has 98 valence electrons. The number of H-pyrrole nitrogens is 1. The van der Waals surface area contributed by atoms with Gasteiger partial charge in [0.05, 0.1) is 0 Å². The molecule has 18 heavy (non-hydrogen) atoms. The molecule has 1 aliphatic rings. The first-order valence-electron chi connectivity index (χ1n) is 6.13. The summed E-state index contributed by atoms with van der Waals surface area (Å²) in [5.74, 6) is -0.108. The summed E-state index contributed by atoms with van der Waals surface area (Å²) in [6.07, 6.45) is 1.75. The second kappa shape index (κ2) is 4.80. The molecule has 0 saturated heterocycles. The van der Waals surface area contributed by atoms with E-state index < -0.39 is 5.91 Å². The summed E-state index contributed by atoms with van der Waals surface area (Å²) in [7, 11) is 0. The first-order chi connectivity index (χ1) is 8.47. The van der Waals surface area contributed by atoms with Gasteiger partial charge in [-0.1, -0.05) is 13.8 Å². The van der Waals surface area contributed by atoms with E-state index in [0.717, 1.165) is 18.5 Å². The van der Waals surface area contributed by atoms with E-state index >= 15 is 0 Å². The van der Waals surface area contributed by atoms with Gasteiger partial charge in [-0.3, -0.25) is 14.7 Å². The Hall–Kier alpha value is -1.85. The van der Waals surface area contributed by atoms with Crippen LogP contribution in [0.5, 0.6) is 0 Å². The Bertz CT molecular complexity index is 460. The first-order valence-corrected chi connectivity index (χ1v) is 6.13. The van der Waals surface area contributed by atoms with Crippen LogP contribution < -0.4 is 11.1 Å². The van der Waals surface area contributed by atoms with E-state index in [2.05, 4.69) is 15.5 Å². The topological polar surface area (TPSA) is 101 Å². The number of primary amides is 1. The van der Waals surface area contributed by atoms with Crippen molar-refractivity contribution in [2.24, 2.45) is 11.7 Å². The maximum Gasteiger partial charge on any atom is 0.269 e. The number of nitrogens with one attached hydrogen (secondary N) is 2. The zero-order chi connectivity index (χ0) is 13.3. The summed E-state index contributed by atoms with van der Waals surface area (Å²) in [5.41, 5.74) is 6.31. The lowest BCUT2D eigenvalue weighted by molar-refractivity contribution is -0.125. The fourth-order valence-electron chi connectivity index (χ4n) is 2.03. The van der Waals surface area contributed by atoms with Crippen LogP contribution in [0.2, 0.25) is 0 Å². The van der Waals surface area contributed by atoms with Crippen molar-refractivity contribution in [3.05, 3.63) is 17.5 Å². The zero-order valence-electron chi connectivity index (χ0n) is 10.6. The van der Waals surface area contributed by atoms with Crippen LogP contribution in [0.1, 0.15) is 48.8 Å². The number of nitrogens with two attached hydrogens (primary N) is 1. The van der Waals surface area contributed by atoms with Crippen LogP contribution >= 0.6 is 0 Å². The number of carbonyl (C=O) groups is 2. The Balaban J connectivity index is 1.85. The monoisotopic (exact) mass is 250 g/mol. The highest BCUT2D eigenvalue weighted by Gasteiger charge is 2.33. The summed E-state index contributed by atoms with van der Waals surface area (Å²) >= 11 is 0. The molecule has 1 aliphatic carbocycles. The highest BCUT2D eigenvalue weighted by atomic mass is 16.2. The molecule has 4 N–H and O–H groups in total. The molecule has 2 rings (SSSR count). The number of hydrogen-bond donors (Lipinski definition) is 3. The van der Waals surface area contributed by atoms with Crippen molar-refractivity contribution < 1.29 is 9.59 Å². The molecule has 1 aromatic heterocycles. The molecule has 0 aliphatic heterocycles. The Morgan fingerprint density at radius 3 is 2.67 bits per heavy atom. The van der Waals surface area contributed by atoms with Gasteiger partial charge in [0.2, 0.25) is 5.91 Å². The largest absolute Gasteiger partial charge is 0.364 e. The van der Waals surface area contributed by atoms with Crippen molar-refractivity contribution in [3.8, 4) is 0 Å². The molecule has 1 fully saturated rings. The highest BCUT2D eigenvalue weighted by Crippen LogP contribution is 2.36. The lowest BCUT2D eigenvalue weighted by atomic mass is 9.78.